The number of carbonyl (C=O) groups excluding carboxylic acids is 1. The molecule has 0 radical (unpaired) electrons. The zero-order valence-electron chi connectivity index (χ0n) is 12.7. The Hall–Kier alpha value is -2.34. The minimum Gasteiger partial charge on any atom is -0.355 e. The molecule has 116 valence electrons. The van der Waals surface area contributed by atoms with Crippen molar-refractivity contribution >= 4 is 21.6 Å². The first-order chi connectivity index (χ1) is 10.3. The number of carbonyl (C=O) groups is 1. The average molecular weight is 318 g/mol. The highest BCUT2D eigenvalue weighted by Crippen LogP contribution is 2.22. The van der Waals surface area contributed by atoms with Crippen LogP contribution in [0, 0.1) is 13.8 Å². The van der Waals surface area contributed by atoms with Gasteiger partial charge < -0.3 is 5.32 Å². The Kier molecular flexibility index (Phi) is 4.51. The maximum atomic E-state index is 12.4. The SMILES string of the molecule is CNC(=O)c1ccc(S(=O)(=O)Nc2cccc(C)c2C)cc1. The third kappa shape index (κ3) is 3.28. The molecule has 0 aliphatic rings. The molecular weight excluding hydrogens is 300 g/mol. The number of hydrogen-bond acceptors (Lipinski definition) is 3. The van der Waals surface area contributed by atoms with Crippen LogP contribution >= 0.6 is 0 Å². The maximum Gasteiger partial charge on any atom is 0.261 e. The van der Waals surface area contributed by atoms with Gasteiger partial charge in [0, 0.05) is 12.6 Å². The molecule has 6 heteroatoms. The van der Waals surface area contributed by atoms with Gasteiger partial charge in [0.25, 0.3) is 15.9 Å². The van der Waals surface area contributed by atoms with E-state index in [0.717, 1.165) is 11.1 Å². The highest BCUT2D eigenvalue weighted by atomic mass is 32.2. The summed E-state index contributed by atoms with van der Waals surface area (Å²) < 4.78 is 27.4. The van der Waals surface area contributed by atoms with E-state index in [0.29, 0.717) is 11.3 Å². The summed E-state index contributed by atoms with van der Waals surface area (Å²) in [6, 6.07) is 11.2. The van der Waals surface area contributed by atoms with Crippen molar-refractivity contribution in [3.05, 3.63) is 59.2 Å². The molecule has 2 rings (SSSR count). The van der Waals surface area contributed by atoms with Crippen LogP contribution in [0.4, 0.5) is 5.69 Å². The van der Waals surface area contributed by atoms with Gasteiger partial charge in [-0.05, 0) is 55.3 Å². The Morgan fingerprint density at radius 3 is 2.23 bits per heavy atom. The first-order valence-corrected chi connectivity index (χ1v) is 8.24. The van der Waals surface area contributed by atoms with Gasteiger partial charge in [0.05, 0.1) is 10.6 Å². The van der Waals surface area contributed by atoms with E-state index in [-0.39, 0.29) is 10.8 Å². The molecule has 0 aromatic heterocycles. The smallest absolute Gasteiger partial charge is 0.261 e. The summed E-state index contributed by atoms with van der Waals surface area (Å²) in [7, 11) is -2.16. The van der Waals surface area contributed by atoms with Crippen molar-refractivity contribution in [2.45, 2.75) is 18.7 Å². The minimum atomic E-state index is -3.68. The van der Waals surface area contributed by atoms with Crippen LogP contribution in [0.1, 0.15) is 21.5 Å². The van der Waals surface area contributed by atoms with E-state index in [2.05, 4.69) is 10.0 Å². The fraction of sp³-hybridized carbons (Fsp3) is 0.188. The number of benzene rings is 2. The number of aryl methyl sites for hydroxylation is 1. The van der Waals surface area contributed by atoms with Crippen molar-refractivity contribution in [3.8, 4) is 0 Å². The van der Waals surface area contributed by atoms with Crippen LogP contribution in [0.25, 0.3) is 0 Å². The van der Waals surface area contributed by atoms with E-state index in [1.54, 1.807) is 12.1 Å². The molecule has 0 saturated heterocycles. The lowest BCUT2D eigenvalue weighted by Crippen LogP contribution is -2.18. The molecule has 0 atom stereocenters. The first kappa shape index (κ1) is 16.0. The first-order valence-electron chi connectivity index (χ1n) is 6.76. The number of rotatable bonds is 4. The molecule has 0 spiro atoms. The van der Waals surface area contributed by atoms with Gasteiger partial charge in [0.2, 0.25) is 0 Å². The highest BCUT2D eigenvalue weighted by Gasteiger charge is 2.16. The molecule has 0 heterocycles. The van der Waals surface area contributed by atoms with Crippen molar-refractivity contribution in [1.29, 1.82) is 0 Å². The predicted octanol–water partition coefficient (Wildman–Crippen LogP) is 2.46. The number of sulfonamides is 1. The van der Waals surface area contributed by atoms with Gasteiger partial charge in [-0.1, -0.05) is 12.1 Å². The van der Waals surface area contributed by atoms with Crippen molar-refractivity contribution < 1.29 is 13.2 Å². The molecule has 0 aliphatic carbocycles. The van der Waals surface area contributed by atoms with Crippen molar-refractivity contribution in [1.82, 2.24) is 5.32 Å². The molecule has 2 aromatic rings. The average Bonchev–Trinajstić information content (AvgIpc) is 2.51. The van der Waals surface area contributed by atoms with E-state index in [9.17, 15) is 13.2 Å². The van der Waals surface area contributed by atoms with Gasteiger partial charge in [0.1, 0.15) is 0 Å². The second-order valence-corrected chi connectivity index (χ2v) is 6.64. The topological polar surface area (TPSA) is 75.3 Å². The summed E-state index contributed by atoms with van der Waals surface area (Å²) in [6.45, 7) is 3.78. The zero-order valence-corrected chi connectivity index (χ0v) is 13.5. The molecular formula is C16H18N2O3S. The zero-order chi connectivity index (χ0) is 16.3. The van der Waals surface area contributed by atoms with Crippen LogP contribution in [0.15, 0.2) is 47.4 Å². The molecule has 5 nitrogen and oxygen atoms in total. The Labute approximate surface area is 130 Å². The normalized spacial score (nSPS) is 11.0. The van der Waals surface area contributed by atoms with E-state index in [1.165, 1.54) is 31.3 Å². The number of hydrogen-bond donors (Lipinski definition) is 2. The number of anilines is 1. The summed E-state index contributed by atoms with van der Waals surface area (Å²) in [5.41, 5.74) is 2.85. The van der Waals surface area contributed by atoms with Crippen LogP contribution in [0.3, 0.4) is 0 Å². The summed E-state index contributed by atoms with van der Waals surface area (Å²) in [5, 5.41) is 2.49. The quantitative estimate of drug-likeness (QED) is 0.909. The molecule has 0 unspecified atom stereocenters. The molecule has 0 fully saturated rings. The van der Waals surface area contributed by atoms with Crippen molar-refractivity contribution in [2.75, 3.05) is 11.8 Å². The van der Waals surface area contributed by atoms with Gasteiger partial charge in [0.15, 0.2) is 0 Å². The molecule has 2 N–H and O–H groups in total. The fourth-order valence-corrected chi connectivity index (χ4v) is 3.12. The van der Waals surface area contributed by atoms with Crippen molar-refractivity contribution in [3.63, 3.8) is 0 Å². The highest BCUT2D eigenvalue weighted by molar-refractivity contribution is 7.92. The van der Waals surface area contributed by atoms with Crippen LogP contribution in [-0.4, -0.2) is 21.4 Å². The molecule has 0 bridgehead atoms. The van der Waals surface area contributed by atoms with Crippen LogP contribution < -0.4 is 10.0 Å². The number of amides is 1. The largest absolute Gasteiger partial charge is 0.355 e. The van der Waals surface area contributed by atoms with Gasteiger partial charge in [-0.15, -0.1) is 0 Å². The molecule has 0 saturated carbocycles. The van der Waals surface area contributed by atoms with Gasteiger partial charge in [-0.3, -0.25) is 9.52 Å². The van der Waals surface area contributed by atoms with E-state index < -0.39 is 10.0 Å². The van der Waals surface area contributed by atoms with E-state index >= 15 is 0 Å². The fourth-order valence-electron chi connectivity index (χ4n) is 2.00. The van der Waals surface area contributed by atoms with E-state index in [1.807, 2.05) is 19.9 Å². The summed E-state index contributed by atoms with van der Waals surface area (Å²) in [6.07, 6.45) is 0. The summed E-state index contributed by atoms with van der Waals surface area (Å²) in [5.74, 6) is -0.258. The Balaban J connectivity index is 2.31. The summed E-state index contributed by atoms with van der Waals surface area (Å²) >= 11 is 0. The number of nitrogens with one attached hydrogen (secondary N) is 2. The predicted molar refractivity (Wildman–Crippen MR) is 86.6 cm³/mol. The third-order valence-corrected chi connectivity index (χ3v) is 4.88. The maximum absolute atomic E-state index is 12.4. The van der Waals surface area contributed by atoms with Crippen LogP contribution in [-0.2, 0) is 10.0 Å². The van der Waals surface area contributed by atoms with Crippen LogP contribution in [0.2, 0.25) is 0 Å². The van der Waals surface area contributed by atoms with Gasteiger partial charge in [-0.2, -0.15) is 0 Å². The molecule has 22 heavy (non-hydrogen) atoms. The monoisotopic (exact) mass is 318 g/mol. The Morgan fingerprint density at radius 1 is 1.00 bits per heavy atom. The molecule has 0 aliphatic heterocycles. The lowest BCUT2D eigenvalue weighted by molar-refractivity contribution is 0.0963. The third-order valence-electron chi connectivity index (χ3n) is 3.50. The lowest BCUT2D eigenvalue weighted by atomic mass is 10.1. The van der Waals surface area contributed by atoms with Crippen molar-refractivity contribution in [2.24, 2.45) is 0 Å². The lowest BCUT2D eigenvalue weighted by Gasteiger charge is -2.12. The summed E-state index contributed by atoms with van der Waals surface area (Å²) in [4.78, 5) is 11.6. The standard InChI is InChI=1S/C16H18N2O3S/c1-11-5-4-6-15(12(11)2)18-22(20,21)14-9-7-13(8-10-14)16(19)17-3/h4-10,18H,1-3H3,(H,17,19). The minimum absolute atomic E-state index is 0.112. The van der Waals surface area contributed by atoms with Crippen LogP contribution in [0.5, 0.6) is 0 Å². The van der Waals surface area contributed by atoms with Gasteiger partial charge >= 0.3 is 0 Å². The van der Waals surface area contributed by atoms with Gasteiger partial charge in [-0.25, -0.2) is 8.42 Å². The molecule has 2 aromatic carbocycles. The molecule has 1 amide bonds. The second kappa shape index (κ2) is 6.19. The Morgan fingerprint density at radius 2 is 1.64 bits per heavy atom. The second-order valence-electron chi connectivity index (χ2n) is 4.96. The van der Waals surface area contributed by atoms with E-state index in [4.69, 9.17) is 0 Å². The Bertz CT molecular complexity index is 797.